The molecule has 9 heteroatoms. The highest BCUT2D eigenvalue weighted by Gasteiger charge is 2.19. The van der Waals surface area contributed by atoms with Gasteiger partial charge in [-0.1, -0.05) is 17.4 Å². The zero-order valence-electron chi connectivity index (χ0n) is 12.8. The number of nitrogens with two attached hydrogens (primary N) is 1. The normalized spacial score (nSPS) is 11.3. The quantitative estimate of drug-likeness (QED) is 0.573. The van der Waals surface area contributed by atoms with Gasteiger partial charge in [0.1, 0.15) is 11.3 Å². The summed E-state index contributed by atoms with van der Waals surface area (Å²) >= 11 is 0.984. The fourth-order valence-corrected chi connectivity index (χ4v) is 3.43. The second-order valence-electron chi connectivity index (χ2n) is 5.22. The number of thiazole rings is 1. The lowest BCUT2D eigenvalue weighted by Crippen LogP contribution is -2.10. The highest BCUT2D eigenvalue weighted by atomic mass is 32.1. The lowest BCUT2D eigenvalue weighted by molar-refractivity contribution is 0.380. The van der Waals surface area contributed by atoms with E-state index in [1.807, 2.05) is 0 Å². The number of nitrogens with one attached hydrogen (secondary N) is 1. The van der Waals surface area contributed by atoms with Crippen LogP contribution in [0.4, 0.5) is 13.9 Å². The van der Waals surface area contributed by atoms with Gasteiger partial charge in [0, 0.05) is 11.1 Å². The molecule has 6 nitrogen and oxygen atoms in total. The third-order valence-corrected chi connectivity index (χ3v) is 4.68. The zero-order chi connectivity index (χ0) is 17.7. The SMILES string of the molecule is COc1nc2c(F)c(-c3ccc(F)c4sc(N)nc34)ccc2c(=O)[nH]1. The Bertz CT molecular complexity index is 1200. The van der Waals surface area contributed by atoms with Crippen LogP contribution in [0.25, 0.3) is 32.2 Å². The molecule has 4 rings (SSSR count). The van der Waals surface area contributed by atoms with E-state index in [0.717, 1.165) is 11.3 Å². The molecule has 0 aliphatic rings. The van der Waals surface area contributed by atoms with E-state index in [1.54, 1.807) is 0 Å². The van der Waals surface area contributed by atoms with Crippen LogP contribution in [0.2, 0.25) is 0 Å². The summed E-state index contributed by atoms with van der Waals surface area (Å²) < 4.78 is 34.1. The molecule has 0 fully saturated rings. The smallest absolute Gasteiger partial charge is 0.296 e. The average molecular weight is 360 g/mol. The van der Waals surface area contributed by atoms with Crippen molar-refractivity contribution in [2.75, 3.05) is 12.8 Å². The summed E-state index contributed by atoms with van der Waals surface area (Å²) in [7, 11) is 1.31. The molecule has 0 atom stereocenters. The molecule has 4 aromatic rings. The highest BCUT2D eigenvalue weighted by molar-refractivity contribution is 7.22. The third-order valence-electron chi connectivity index (χ3n) is 3.79. The van der Waals surface area contributed by atoms with E-state index < -0.39 is 17.2 Å². The second-order valence-corrected chi connectivity index (χ2v) is 6.25. The number of rotatable bonds is 2. The van der Waals surface area contributed by atoms with Crippen LogP contribution in [0.15, 0.2) is 29.1 Å². The summed E-state index contributed by atoms with van der Waals surface area (Å²) in [5.74, 6) is -1.20. The summed E-state index contributed by atoms with van der Waals surface area (Å²) in [6.45, 7) is 0. The number of benzene rings is 2. The van der Waals surface area contributed by atoms with Gasteiger partial charge in [-0.25, -0.2) is 13.8 Å². The van der Waals surface area contributed by atoms with Gasteiger partial charge in [-0.05, 0) is 18.2 Å². The van der Waals surface area contributed by atoms with Crippen LogP contribution in [0, 0.1) is 11.6 Å². The number of hydrogen-bond acceptors (Lipinski definition) is 6. The third kappa shape index (κ3) is 2.31. The topological polar surface area (TPSA) is 93.9 Å². The van der Waals surface area contributed by atoms with Gasteiger partial charge in [-0.2, -0.15) is 4.98 Å². The molecule has 0 bridgehead atoms. The predicted molar refractivity (Wildman–Crippen MR) is 91.9 cm³/mol. The highest BCUT2D eigenvalue weighted by Crippen LogP contribution is 2.36. The molecule has 2 aromatic carbocycles. The molecule has 0 unspecified atom stereocenters. The Morgan fingerprint density at radius 2 is 1.88 bits per heavy atom. The number of nitrogen functional groups attached to an aromatic ring is 1. The Morgan fingerprint density at radius 3 is 2.64 bits per heavy atom. The summed E-state index contributed by atoms with van der Waals surface area (Å²) in [6, 6.07) is 5.43. The van der Waals surface area contributed by atoms with Gasteiger partial charge in [0.2, 0.25) is 0 Å². The number of nitrogens with zero attached hydrogens (tertiary/aromatic N) is 2. The number of anilines is 1. The lowest BCUT2D eigenvalue weighted by Gasteiger charge is -2.08. The van der Waals surface area contributed by atoms with Crippen LogP contribution in [0.3, 0.4) is 0 Å². The van der Waals surface area contributed by atoms with Gasteiger partial charge in [0.05, 0.1) is 22.7 Å². The Hall–Kier alpha value is -3.07. The van der Waals surface area contributed by atoms with E-state index >= 15 is 4.39 Å². The van der Waals surface area contributed by atoms with Crippen molar-refractivity contribution >= 4 is 37.6 Å². The van der Waals surface area contributed by atoms with Gasteiger partial charge < -0.3 is 10.5 Å². The zero-order valence-corrected chi connectivity index (χ0v) is 13.6. The Balaban J connectivity index is 2.07. The van der Waals surface area contributed by atoms with Gasteiger partial charge in [0.15, 0.2) is 10.9 Å². The molecule has 126 valence electrons. The number of aromatic amines is 1. The van der Waals surface area contributed by atoms with Crippen LogP contribution < -0.4 is 16.0 Å². The van der Waals surface area contributed by atoms with Crippen molar-refractivity contribution in [2.45, 2.75) is 0 Å². The Morgan fingerprint density at radius 1 is 1.12 bits per heavy atom. The summed E-state index contributed by atoms with van der Waals surface area (Å²) in [5.41, 5.74) is 5.78. The van der Waals surface area contributed by atoms with E-state index in [2.05, 4.69) is 15.0 Å². The van der Waals surface area contributed by atoms with Crippen molar-refractivity contribution < 1.29 is 13.5 Å². The van der Waals surface area contributed by atoms with Gasteiger partial charge in [0.25, 0.3) is 11.6 Å². The number of H-pyrrole nitrogens is 1. The largest absolute Gasteiger partial charge is 0.468 e. The first kappa shape index (κ1) is 15.5. The molecule has 0 amide bonds. The molecular weight excluding hydrogens is 350 g/mol. The first-order chi connectivity index (χ1) is 12.0. The molecule has 0 aliphatic carbocycles. The van der Waals surface area contributed by atoms with Crippen LogP contribution in [-0.2, 0) is 0 Å². The molecule has 0 spiro atoms. The van der Waals surface area contributed by atoms with Gasteiger partial charge >= 0.3 is 0 Å². The van der Waals surface area contributed by atoms with Gasteiger partial charge in [-0.3, -0.25) is 9.78 Å². The van der Waals surface area contributed by atoms with Crippen molar-refractivity contribution in [3.8, 4) is 17.1 Å². The molecular formula is C16H10F2N4O2S. The maximum atomic E-state index is 15.1. The monoisotopic (exact) mass is 360 g/mol. The minimum absolute atomic E-state index is 0.0817. The van der Waals surface area contributed by atoms with Crippen LogP contribution in [0.5, 0.6) is 6.01 Å². The number of fused-ring (bicyclic) bond motifs is 2. The minimum Gasteiger partial charge on any atom is -0.468 e. The molecule has 25 heavy (non-hydrogen) atoms. The maximum absolute atomic E-state index is 15.1. The summed E-state index contributed by atoms with van der Waals surface area (Å²) in [6.07, 6.45) is 0. The van der Waals surface area contributed by atoms with Crippen molar-refractivity contribution in [2.24, 2.45) is 0 Å². The Kier molecular flexibility index (Phi) is 3.39. The first-order valence-corrected chi connectivity index (χ1v) is 7.92. The molecule has 2 heterocycles. The number of hydrogen-bond donors (Lipinski definition) is 2. The van der Waals surface area contributed by atoms with E-state index in [9.17, 15) is 9.18 Å². The van der Waals surface area contributed by atoms with Crippen LogP contribution in [-0.4, -0.2) is 22.1 Å². The number of ether oxygens (including phenoxy) is 1. The molecule has 2 aromatic heterocycles. The van der Waals surface area contributed by atoms with E-state index in [0.29, 0.717) is 5.56 Å². The number of aromatic nitrogens is 3. The summed E-state index contributed by atoms with van der Waals surface area (Å²) in [4.78, 5) is 22.5. The average Bonchev–Trinajstić information content (AvgIpc) is 2.99. The Labute approximate surface area is 142 Å². The van der Waals surface area contributed by atoms with Crippen LogP contribution >= 0.6 is 11.3 Å². The van der Waals surface area contributed by atoms with E-state index in [-0.39, 0.29) is 37.8 Å². The van der Waals surface area contributed by atoms with Gasteiger partial charge in [-0.15, -0.1) is 0 Å². The fraction of sp³-hybridized carbons (Fsp3) is 0.0625. The molecule has 0 saturated carbocycles. The summed E-state index contributed by atoms with van der Waals surface area (Å²) in [5, 5.41) is 0.261. The van der Waals surface area contributed by atoms with Crippen molar-refractivity contribution in [1.82, 2.24) is 15.0 Å². The second kappa shape index (κ2) is 5.49. The van der Waals surface area contributed by atoms with Crippen molar-refractivity contribution in [1.29, 1.82) is 0 Å². The minimum atomic E-state index is -0.721. The molecule has 0 radical (unpaired) electrons. The van der Waals surface area contributed by atoms with Crippen LogP contribution in [0.1, 0.15) is 0 Å². The number of halogens is 2. The van der Waals surface area contributed by atoms with Crippen molar-refractivity contribution in [3.05, 3.63) is 46.3 Å². The lowest BCUT2D eigenvalue weighted by atomic mass is 10.0. The number of methoxy groups -OCH3 is 1. The fourth-order valence-electron chi connectivity index (χ4n) is 2.67. The maximum Gasteiger partial charge on any atom is 0.296 e. The van der Waals surface area contributed by atoms with E-state index in [1.165, 1.54) is 31.4 Å². The predicted octanol–water partition coefficient (Wildman–Crippen LogP) is 3.07. The molecule has 3 N–H and O–H groups in total. The van der Waals surface area contributed by atoms with Crippen molar-refractivity contribution in [3.63, 3.8) is 0 Å². The first-order valence-electron chi connectivity index (χ1n) is 7.11. The standard InChI is InChI=1S/C16H10F2N4O2S/c1-24-16-21-11-8(14(23)22-16)3-2-6(10(11)18)7-4-5-9(17)13-12(7)20-15(19)25-13/h2-5H,1H3,(H2,19,20)(H,21,22,23). The molecule has 0 saturated heterocycles. The van der Waals surface area contributed by atoms with E-state index in [4.69, 9.17) is 10.5 Å². The molecule has 0 aliphatic heterocycles.